The lowest BCUT2D eigenvalue weighted by atomic mass is 9.65. The molecule has 29 nitrogen and oxygen atoms in total. The zero-order valence-electron chi connectivity index (χ0n) is 71.4. The van der Waals surface area contributed by atoms with Gasteiger partial charge in [0.15, 0.2) is 96.0 Å². The number of aryl methyl sites for hydroxylation is 2. The van der Waals surface area contributed by atoms with Crippen molar-refractivity contribution in [2.24, 2.45) is 0 Å². The number of carboxylic acid groups (broad SMARTS) is 1. The Morgan fingerprint density at radius 2 is 0.896 bits per heavy atom. The maximum atomic E-state index is 14.5. The third-order valence-corrected chi connectivity index (χ3v) is 28.0. The summed E-state index contributed by atoms with van der Waals surface area (Å²) in [5.41, 5.74) is 12.3. The van der Waals surface area contributed by atoms with E-state index in [0.717, 1.165) is 39.1 Å². The second kappa shape index (κ2) is 36.3. The van der Waals surface area contributed by atoms with Crippen molar-refractivity contribution in [2.75, 3.05) is 122 Å². The second-order valence-corrected chi connectivity index (χ2v) is 34.4. The highest BCUT2D eigenvalue weighted by atomic mass is 32.2. The van der Waals surface area contributed by atoms with Gasteiger partial charge in [-0.15, -0.1) is 23.5 Å². The van der Waals surface area contributed by atoms with Crippen LogP contribution in [0.4, 0.5) is 0 Å². The Morgan fingerprint density at radius 1 is 0.520 bits per heavy atom. The lowest BCUT2D eigenvalue weighted by Crippen LogP contribution is -2.74. The lowest BCUT2D eigenvalue weighted by molar-refractivity contribution is -0.159. The highest BCUT2D eigenvalue weighted by molar-refractivity contribution is 8.02. The van der Waals surface area contributed by atoms with Crippen LogP contribution in [0.15, 0.2) is 177 Å². The Kier molecular flexibility index (Phi) is 25.5. The smallest absolute Gasteiger partial charge is 0.374 e. The number of ether oxygens (including phenoxy) is 15. The van der Waals surface area contributed by atoms with Crippen LogP contribution in [-0.4, -0.2) is 245 Å². The van der Waals surface area contributed by atoms with Gasteiger partial charge in [0.1, 0.15) is 18.7 Å². The number of fused-ring (bicyclic) bond motifs is 22. The van der Waals surface area contributed by atoms with Gasteiger partial charge >= 0.3 is 11.9 Å². The Bertz CT molecular complexity index is 5490. The maximum Gasteiger partial charge on any atom is 0.374 e. The SMILES string of the molecule is COCO/C(=C\SCC1c2ccccc2-c2ccccc21)C(=O)O.COCO/C(=C\SCC1c2ccccc2-c2ccccc21)C(=O)OC[C@H]1C2=C3OCOC3=C(C)C(=O)[C@@]2(O)CC2[C@H]3c4c(cc(C)c(OC)c4OCOC)C[C@@H]([C@H](C#N)N21)N3C.COCOc1c(OC)c(C)cc2c1[C@@H]1C3C[C@]4(O)C(=O)C(C)=C5OCOC5=C4[C@H](CO)N3[C@@H](C#N)[C@H](C2)N1C. The zero-order valence-corrected chi connectivity index (χ0v) is 73.1. The number of carbonyl (C=O) groups is 4. The minimum Gasteiger partial charge on any atom is -0.493 e. The molecule has 4 N–H and O–H groups in total. The summed E-state index contributed by atoms with van der Waals surface area (Å²) in [7, 11) is 13.1. The van der Waals surface area contributed by atoms with Crippen molar-refractivity contribution in [3.8, 4) is 57.4 Å². The van der Waals surface area contributed by atoms with E-state index >= 15 is 0 Å². The van der Waals surface area contributed by atoms with Gasteiger partial charge in [-0.3, -0.25) is 29.2 Å². The Balaban J connectivity index is 0.000000155. The normalized spacial score (nSPS) is 26.0. The fraction of sp³-hybridized carbons (Fsp3) is 0.426. The highest BCUT2D eigenvalue weighted by Gasteiger charge is 2.67. The second-order valence-electron chi connectivity index (χ2n) is 32.6. The predicted octanol–water partition coefficient (Wildman–Crippen LogP) is 10.8. The third-order valence-electron chi connectivity index (χ3n) is 26.2. The number of esters is 1. The number of aliphatic carboxylic acids is 1. The van der Waals surface area contributed by atoms with Crippen LogP contribution >= 0.6 is 23.5 Å². The van der Waals surface area contributed by atoms with Crippen molar-refractivity contribution >= 4 is 47.0 Å². The van der Waals surface area contributed by atoms with E-state index in [-0.39, 0.29) is 141 Å². The average molecular weight is 1750 g/mol. The number of likely N-dealkylation sites (N-methyl/N-ethyl adjacent to an activating group) is 2. The van der Waals surface area contributed by atoms with Crippen LogP contribution in [0.2, 0.25) is 0 Å². The number of aliphatic hydroxyl groups is 3. The molecule has 2 unspecified atom stereocenters. The number of nitrogens with zero attached hydrogens (tertiary/aromatic N) is 6. The summed E-state index contributed by atoms with van der Waals surface area (Å²) >= 11 is 2.87. The van der Waals surface area contributed by atoms with E-state index in [1.54, 1.807) is 46.0 Å². The molecule has 6 aromatic carbocycles. The molecule has 0 saturated carbocycles. The van der Waals surface area contributed by atoms with Crippen LogP contribution < -0.4 is 18.9 Å². The van der Waals surface area contributed by atoms with Crippen molar-refractivity contribution in [3.63, 3.8) is 0 Å². The quantitative estimate of drug-likeness (QED) is 0.0179. The molecule has 656 valence electrons. The first-order valence-corrected chi connectivity index (χ1v) is 43.3. The maximum absolute atomic E-state index is 14.5. The van der Waals surface area contributed by atoms with Crippen LogP contribution in [0.25, 0.3) is 22.3 Å². The average Bonchev–Trinajstić information content (AvgIpc) is 1.42. The summed E-state index contributed by atoms with van der Waals surface area (Å²) in [5, 5.41) is 69.8. The molecule has 12 atom stereocenters. The fourth-order valence-electron chi connectivity index (χ4n) is 21.2. The number of ketones is 2. The van der Waals surface area contributed by atoms with E-state index in [1.165, 1.54) is 89.4 Å². The van der Waals surface area contributed by atoms with E-state index in [9.17, 15) is 45.0 Å². The number of aliphatic hydroxyl groups excluding tert-OH is 1. The number of methoxy groups -OCH3 is 6. The van der Waals surface area contributed by atoms with E-state index in [0.29, 0.717) is 47.4 Å². The first-order valence-electron chi connectivity index (χ1n) is 41.2. The number of carboxylic acids is 1. The molecule has 31 heteroatoms. The van der Waals surface area contributed by atoms with Crippen molar-refractivity contribution in [1.29, 1.82) is 10.5 Å². The molecule has 8 aliphatic heterocycles. The van der Waals surface area contributed by atoms with Crippen molar-refractivity contribution < 1.29 is 111 Å². The predicted molar refractivity (Wildman–Crippen MR) is 457 cm³/mol. The molecule has 12 aliphatic rings. The molecule has 4 aliphatic carbocycles. The number of hydrogen-bond donors (Lipinski definition) is 4. The lowest BCUT2D eigenvalue weighted by Gasteiger charge is -2.62. The van der Waals surface area contributed by atoms with Gasteiger partial charge in [-0.1, -0.05) is 109 Å². The third kappa shape index (κ3) is 15.0. The summed E-state index contributed by atoms with van der Waals surface area (Å²) in [6.07, 6.45) is 0.937. The van der Waals surface area contributed by atoms with Crippen LogP contribution in [-0.2, 0) is 84.1 Å². The molecule has 0 amide bonds. The minimum atomic E-state index is -2.10. The minimum absolute atomic E-state index is 0.00333. The Labute approximate surface area is 732 Å². The zero-order chi connectivity index (χ0) is 88.2. The van der Waals surface area contributed by atoms with Gasteiger partial charge < -0.3 is 91.5 Å². The van der Waals surface area contributed by atoms with Crippen molar-refractivity contribution in [3.05, 3.63) is 232 Å². The fourth-order valence-corrected chi connectivity index (χ4v) is 23.1. The number of piperazine rings is 2. The number of nitriles is 2. The number of Topliss-reactive ketones (excluding diaryl/α,β-unsaturated/α-hetero) is 2. The number of carbonyl (C=O) groups excluding carboxylic acids is 3. The molecule has 6 fully saturated rings. The van der Waals surface area contributed by atoms with E-state index in [1.807, 2.05) is 86.3 Å². The van der Waals surface area contributed by atoms with Gasteiger partial charge in [-0.2, -0.15) is 10.5 Å². The highest BCUT2D eigenvalue weighted by Crippen LogP contribution is 2.61. The Morgan fingerprint density at radius 3 is 1.28 bits per heavy atom. The molecule has 0 aromatic heterocycles. The molecule has 125 heavy (non-hydrogen) atoms. The molecule has 6 aromatic rings. The van der Waals surface area contributed by atoms with Gasteiger partial charge in [-0.05, 0) is 121 Å². The van der Waals surface area contributed by atoms with E-state index < -0.39 is 83.6 Å². The van der Waals surface area contributed by atoms with Crippen molar-refractivity contribution in [1.82, 2.24) is 19.6 Å². The standard InChI is InChI=1S/C47H49N3O11S.C28H33N3O8.C19H18O4S/c1-25-15-27-16-33-35(18-48)50-34(40(49(33)3)38(27)43(41(25)56-6)59-23-55-5)17-47(53)39(44-42(60-24-61-44)26(2)45(47)51)36(50)19-57-46(52)37(58-22-54-4)21-62-20-32-30-13-9-7-11-28(30)29-12-8-10-14-31(29)32;1-13-6-15-7-16-18(9-29)31-17(22(30(16)3)20(15)25(23(13)36-5)37-11-35-4)8-28(34)21(19(31)10-32)26-24(38-12-39-26)14(2)27(28)33;1-22-12-23-18(19(20)21)11-24-10-17-15-8-4-2-6-13(15)14-7-3-5-9-16(14)17/h7-15,21,32-36,40,53H,16-17,19-20,22-24H2,1-6H3;6,16-19,22,32,34H,7-8,10-12H2,1-5H3;2-9,11,17H,10,12H2,1H3,(H,20,21)/b37-21-;;18-11-/t33-,34?,35-,36-,40-,47+;16-,17?,18-,19-,22-,28+;/m00./s1. The van der Waals surface area contributed by atoms with Gasteiger partial charge in [0, 0.05) is 133 Å². The number of hydrogen-bond acceptors (Lipinski definition) is 30. The molecule has 4 bridgehead atoms. The van der Waals surface area contributed by atoms with Gasteiger partial charge in [0.25, 0.3) is 0 Å². The Hall–Kier alpha value is -10.7. The van der Waals surface area contributed by atoms with Crippen LogP contribution in [0.3, 0.4) is 0 Å². The van der Waals surface area contributed by atoms with Crippen LogP contribution in [0.1, 0.15) is 106 Å². The summed E-state index contributed by atoms with van der Waals surface area (Å²) < 4.78 is 84.9. The summed E-state index contributed by atoms with van der Waals surface area (Å²) in [6, 6.07) is 36.7. The molecular weight excluding hydrogens is 1650 g/mol. The number of piperidine rings is 2. The first-order chi connectivity index (χ1) is 60.5. The molecule has 18 rings (SSSR count). The molecule has 0 radical (unpaired) electrons. The summed E-state index contributed by atoms with van der Waals surface area (Å²) in [5.74, 6) is 1.81. The molecule has 8 heterocycles. The molecular formula is C94H100N6O23S2. The first kappa shape index (κ1) is 87.7. The topological polar surface area (TPSA) is 348 Å². The number of rotatable bonds is 25. The molecule has 6 saturated heterocycles. The summed E-state index contributed by atoms with van der Waals surface area (Å²) in [6.45, 7) is 5.74. The van der Waals surface area contributed by atoms with E-state index in [4.69, 9.17) is 76.2 Å². The number of thioether (sulfide) groups is 2. The molecule has 0 spiro atoms. The van der Waals surface area contributed by atoms with Gasteiger partial charge in [0.2, 0.25) is 25.1 Å². The van der Waals surface area contributed by atoms with Crippen LogP contribution in [0.5, 0.6) is 23.0 Å². The van der Waals surface area contributed by atoms with Gasteiger partial charge in [-0.25, -0.2) is 9.59 Å². The van der Waals surface area contributed by atoms with Crippen molar-refractivity contribution in [2.45, 2.75) is 137 Å². The van der Waals surface area contributed by atoms with Crippen LogP contribution in [0, 0.1) is 36.5 Å². The number of benzene rings is 6. The largest absolute Gasteiger partial charge is 0.493 e. The van der Waals surface area contributed by atoms with E-state index in [2.05, 4.69) is 82.6 Å². The monoisotopic (exact) mass is 1740 g/mol. The van der Waals surface area contributed by atoms with Gasteiger partial charge in [0.05, 0.1) is 57.1 Å². The summed E-state index contributed by atoms with van der Waals surface area (Å²) in [4.78, 5) is 61.9.